The highest BCUT2D eigenvalue weighted by Gasteiger charge is 2.25. The van der Waals surface area contributed by atoms with Crippen LogP contribution in [0.2, 0.25) is 0 Å². The number of nitrogens with one attached hydrogen (secondary N) is 1. The van der Waals surface area contributed by atoms with Crippen molar-refractivity contribution >= 4 is 0 Å². The normalized spacial score (nSPS) is 25.1. The van der Waals surface area contributed by atoms with Crippen LogP contribution in [0, 0.1) is 0 Å². The van der Waals surface area contributed by atoms with E-state index in [0.29, 0.717) is 18.1 Å². The molecular formula is C15H28N4. The van der Waals surface area contributed by atoms with Gasteiger partial charge >= 0.3 is 0 Å². The van der Waals surface area contributed by atoms with Crippen molar-refractivity contribution in [2.75, 3.05) is 13.1 Å². The zero-order valence-electron chi connectivity index (χ0n) is 12.8. The molecule has 1 aromatic heterocycles. The van der Waals surface area contributed by atoms with E-state index in [1.54, 1.807) is 0 Å². The molecule has 19 heavy (non-hydrogen) atoms. The van der Waals surface area contributed by atoms with Crippen LogP contribution in [0.3, 0.4) is 0 Å². The van der Waals surface area contributed by atoms with E-state index in [2.05, 4.69) is 60.0 Å². The summed E-state index contributed by atoms with van der Waals surface area (Å²) in [5, 5.41) is 8.27. The molecule has 2 heterocycles. The van der Waals surface area contributed by atoms with Crippen molar-refractivity contribution < 1.29 is 0 Å². The lowest BCUT2D eigenvalue weighted by molar-refractivity contribution is 0.118. The highest BCUT2D eigenvalue weighted by Crippen LogP contribution is 2.16. The Morgan fingerprint density at radius 3 is 2.89 bits per heavy atom. The SMILES string of the molecule is CCCC1CNC(C)CN1Cc1ccn(C(C)C)n1. The third-order valence-electron chi connectivity index (χ3n) is 3.91. The Balaban J connectivity index is 2.00. The molecule has 108 valence electrons. The molecule has 0 spiro atoms. The van der Waals surface area contributed by atoms with Crippen LogP contribution in [-0.2, 0) is 6.54 Å². The second-order valence-electron chi connectivity index (χ2n) is 6.06. The van der Waals surface area contributed by atoms with Gasteiger partial charge in [-0.1, -0.05) is 13.3 Å². The molecule has 0 saturated carbocycles. The van der Waals surface area contributed by atoms with Gasteiger partial charge in [-0.15, -0.1) is 0 Å². The summed E-state index contributed by atoms with van der Waals surface area (Å²) in [4.78, 5) is 2.59. The number of hydrogen-bond donors (Lipinski definition) is 1. The molecule has 0 aliphatic carbocycles. The largest absolute Gasteiger partial charge is 0.311 e. The van der Waals surface area contributed by atoms with Gasteiger partial charge in [-0.2, -0.15) is 5.10 Å². The van der Waals surface area contributed by atoms with Gasteiger partial charge in [-0.05, 0) is 33.3 Å². The van der Waals surface area contributed by atoms with E-state index in [-0.39, 0.29) is 0 Å². The molecule has 2 atom stereocenters. The van der Waals surface area contributed by atoms with Crippen LogP contribution in [0.4, 0.5) is 0 Å². The van der Waals surface area contributed by atoms with E-state index in [0.717, 1.165) is 19.6 Å². The molecular weight excluding hydrogens is 236 g/mol. The molecule has 4 nitrogen and oxygen atoms in total. The predicted octanol–water partition coefficient (Wildman–Crippen LogP) is 2.43. The fourth-order valence-electron chi connectivity index (χ4n) is 2.80. The Bertz CT molecular complexity index is 385. The van der Waals surface area contributed by atoms with Crippen LogP contribution in [0.15, 0.2) is 12.3 Å². The van der Waals surface area contributed by atoms with Gasteiger partial charge in [-0.25, -0.2) is 0 Å². The molecule has 1 aromatic rings. The highest BCUT2D eigenvalue weighted by molar-refractivity contribution is 5.01. The van der Waals surface area contributed by atoms with E-state index >= 15 is 0 Å². The van der Waals surface area contributed by atoms with Gasteiger partial charge in [-0.3, -0.25) is 9.58 Å². The predicted molar refractivity (Wildman–Crippen MR) is 79.2 cm³/mol. The molecule has 0 amide bonds. The topological polar surface area (TPSA) is 33.1 Å². The molecule has 2 unspecified atom stereocenters. The number of rotatable bonds is 5. The van der Waals surface area contributed by atoms with E-state index < -0.39 is 0 Å². The minimum Gasteiger partial charge on any atom is -0.311 e. The molecule has 2 rings (SSSR count). The smallest absolute Gasteiger partial charge is 0.0765 e. The van der Waals surface area contributed by atoms with Crippen LogP contribution >= 0.6 is 0 Å². The monoisotopic (exact) mass is 264 g/mol. The Kier molecular flexibility index (Phi) is 4.99. The van der Waals surface area contributed by atoms with Gasteiger partial charge in [0, 0.05) is 44.0 Å². The van der Waals surface area contributed by atoms with Crippen LogP contribution in [-0.4, -0.2) is 39.9 Å². The summed E-state index contributed by atoms with van der Waals surface area (Å²) < 4.78 is 2.05. The lowest BCUT2D eigenvalue weighted by atomic mass is 10.1. The number of nitrogens with zero attached hydrogens (tertiary/aromatic N) is 3. The average Bonchev–Trinajstić information content (AvgIpc) is 2.81. The minimum absolute atomic E-state index is 0.446. The molecule has 1 aliphatic heterocycles. The van der Waals surface area contributed by atoms with Crippen LogP contribution in [0.1, 0.15) is 52.3 Å². The van der Waals surface area contributed by atoms with Crippen LogP contribution in [0.25, 0.3) is 0 Å². The molecule has 1 N–H and O–H groups in total. The van der Waals surface area contributed by atoms with Crippen molar-refractivity contribution in [1.29, 1.82) is 0 Å². The standard InChI is InChI=1S/C15H28N4/c1-5-6-15-9-16-13(4)10-18(15)11-14-7-8-19(17-14)12(2)3/h7-8,12-13,15-16H,5-6,9-11H2,1-4H3. The maximum absolute atomic E-state index is 4.68. The summed E-state index contributed by atoms with van der Waals surface area (Å²) in [5.41, 5.74) is 1.20. The lowest BCUT2D eigenvalue weighted by Gasteiger charge is -2.39. The minimum atomic E-state index is 0.446. The van der Waals surface area contributed by atoms with E-state index in [4.69, 9.17) is 0 Å². The summed E-state index contributed by atoms with van der Waals surface area (Å²) in [5.74, 6) is 0. The molecule has 4 heteroatoms. The quantitative estimate of drug-likeness (QED) is 0.886. The second-order valence-corrected chi connectivity index (χ2v) is 6.06. The lowest BCUT2D eigenvalue weighted by Crippen LogP contribution is -2.54. The van der Waals surface area contributed by atoms with Crippen molar-refractivity contribution in [2.45, 2.75) is 65.2 Å². The zero-order chi connectivity index (χ0) is 13.8. The van der Waals surface area contributed by atoms with Crippen LogP contribution < -0.4 is 5.32 Å². The first-order chi connectivity index (χ1) is 9.10. The Labute approximate surface area is 117 Å². The third kappa shape index (κ3) is 3.80. The molecule has 0 aromatic carbocycles. The maximum atomic E-state index is 4.68. The first-order valence-electron chi connectivity index (χ1n) is 7.61. The average molecular weight is 264 g/mol. The fourth-order valence-corrected chi connectivity index (χ4v) is 2.80. The second kappa shape index (κ2) is 6.53. The number of hydrogen-bond acceptors (Lipinski definition) is 3. The van der Waals surface area contributed by atoms with Crippen molar-refractivity contribution in [3.05, 3.63) is 18.0 Å². The van der Waals surface area contributed by atoms with Crippen molar-refractivity contribution in [2.24, 2.45) is 0 Å². The molecule has 0 bridgehead atoms. The first-order valence-corrected chi connectivity index (χ1v) is 7.61. The van der Waals surface area contributed by atoms with Crippen molar-refractivity contribution in [1.82, 2.24) is 20.0 Å². The highest BCUT2D eigenvalue weighted by atomic mass is 15.3. The van der Waals surface area contributed by atoms with Crippen LogP contribution in [0.5, 0.6) is 0 Å². The third-order valence-corrected chi connectivity index (χ3v) is 3.91. The molecule has 1 fully saturated rings. The molecule has 1 aliphatic rings. The van der Waals surface area contributed by atoms with Crippen molar-refractivity contribution in [3.8, 4) is 0 Å². The van der Waals surface area contributed by atoms with E-state index in [1.807, 2.05) is 0 Å². The first kappa shape index (κ1) is 14.5. The van der Waals surface area contributed by atoms with Gasteiger partial charge in [0.25, 0.3) is 0 Å². The molecule has 1 saturated heterocycles. The molecule has 0 radical (unpaired) electrons. The van der Waals surface area contributed by atoms with Gasteiger partial charge in [0.15, 0.2) is 0 Å². The maximum Gasteiger partial charge on any atom is 0.0765 e. The summed E-state index contributed by atoms with van der Waals surface area (Å²) in [7, 11) is 0. The summed E-state index contributed by atoms with van der Waals surface area (Å²) in [6.45, 7) is 12.1. The Hall–Kier alpha value is -0.870. The fraction of sp³-hybridized carbons (Fsp3) is 0.800. The Morgan fingerprint density at radius 1 is 1.47 bits per heavy atom. The summed E-state index contributed by atoms with van der Waals surface area (Å²) in [6, 6.07) is 3.85. The van der Waals surface area contributed by atoms with E-state index in [1.165, 1.54) is 18.5 Å². The van der Waals surface area contributed by atoms with Gasteiger partial charge in [0.2, 0.25) is 0 Å². The van der Waals surface area contributed by atoms with Gasteiger partial charge < -0.3 is 5.32 Å². The summed E-state index contributed by atoms with van der Waals surface area (Å²) in [6.07, 6.45) is 4.61. The number of piperazine rings is 1. The summed E-state index contributed by atoms with van der Waals surface area (Å²) >= 11 is 0. The van der Waals surface area contributed by atoms with Gasteiger partial charge in [0.05, 0.1) is 5.69 Å². The number of aromatic nitrogens is 2. The van der Waals surface area contributed by atoms with E-state index in [9.17, 15) is 0 Å². The van der Waals surface area contributed by atoms with Crippen molar-refractivity contribution in [3.63, 3.8) is 0 Å². The van der Waals surface area contributed by atoms with Gasteiger partial charge in [0.1, 0.15) is 0 Å². The Morgan fingerprint density at radius 2 is 2.26 bits per heavy atom. The zero-order valence-corrected chi connectivity index (χ0v) is 12.8.